The quantitative estimate of drug-likeness (QED) is 0.333. The molecule has 3 rings (SSSR count). The van der Waals surface area contributed by atoms with Gasteiger partial charge in [-0.2, -0.15) is 0 Å². The van der Waals surface area contributed by atoms with Crippen LogP contribution in [-0.2, 0) is 10.0 Å². The van der Waals surface area contributed by atoms with Gasteiger partial charge in [0.2, 0.25) is 5.92 Å². The number of rotatable bonds is 6. The summed E-state index contributed by atoms with van der Waals surface area (Å²) in [5, 5.41) is 4.51. The van der Waals surface area contributed by atoms with E-state index in [1.54, 1.807) is 0 Å². The van der Waals surface area contributed by atoms with Crippen LogP contribution in [0.15, 0.2) is 35.5 Å². The molecular formula is C19H19Cl2F4N5O3S. The van der Waals surface area contributed by atoms with Crippen LogP contribution < -0.4 is 14.9 Å². The number of carbonyl (C=O) groups excluding carboxylic acids is 1. The zero-order valence-electron chi connectivity index (χ0n) is 17.3. The highest BCUT2D eigenvalue weighted by molar-refractivity contribution is 7.89. The number of sulfonamides is 1. The zero-order valence-corrected chi connectivity index (χ0v) is 19.7. The minimum atomic E-state index is -4.24. The van der Waals surface area contributed by atoms with Crippen molar-refractivity contribution in [2.75, 3.05) is 22.9 Å². The first-order valence-electron chi connectivity index (χ1n) is 9.82. The maximum absolute atomic E-state index is 13.9. The number of alkyl halides is 6. The van der Waals surface area contributed by atoms with Gasteiger partial charge < -0.3 is 4.90 Å². The average Bonchev–Trinajstić information content (AvgIpc) is 2.93. The van der Waals surface area contributed by atoms with Crippen molar-refractivity contribution < 1.29 is 30.8 Å². The van der Waals surface area contributed by atoms with Crippen molar-refractivity contribution in [2.45, 2.75) is 41.6 Å². The lowest BCUT2D eigenvalue weighted by atomic mass is 10.1. The Morgan fingerprint density at radius 1 is 1.18 bits per heavy atom. The highest BCUT2D eigenvalue weighted by Gasteiger charge is 2.35. The van der Waals surface area contributed by atoms with Gasteiger partial charge in [-0.3, -0.25) is 9.69 Å². The highest BCUT2D eigenvalue weighted by Crippen LogP contribution is 2.33. The highest BCUT2D eigenvalue weighted by atomic mass is 35.5. The van der Waals surface area contributed by atoms with E-state index in [0.717, 1.165) is 29.3 Å². The summed E-state index contributed by atoms with van der Waals surface area (Å²) in [5.41, 5.74) is -0.997. The van der Waals surface area contributed by atoms with Gasteiger partial charge in [0.15, 0.2) is 9.99 Å². The molecule has 1 aliphatic heterocycles. The first-order chi connectivity index (χ1) is 15.8. The molecule has 1 amide bonds. The summed E-state index contributed by atoms with van der Waals surface area (Å²) < 4.78 is 77.7. The Morgan fingerprint density at radius 3 is 2.50 bits per heavy atom. The lowest BCUT2D eigenvalue weighted by Crippen LogP contribution is -2.37. The molecule has 0 atom stereocenters. The Morgan fingerprint density at radius 2 is 1.88 bits per heavy atom. The topological polar surface area (TPSA) is 109 Å². The predicted octanol–water partition coefficient (Wildman–Crippen LogP) is 4.10. The van der Waals surface area contributed by atoms with Gasteiger partial charge in [0.1, 0.15) is 11.5 Å². The number of halogens is 6. The molecule has 0 radical (unpaired) electrons. The van der Waals surface area contributed by atoms with E-state index in [-0.39, 0.29) is 36.6 Å². The number of nitrogens with two attached hydrogens (primary N) is 1. The van der Waals surface area contributed by atoms with E-state index in [1.165, 1.54) is 11.0 Å². The Balaban J connectivity index is 2.09. The van der Waals surface area contributed by atoms with E-state index in [1.807, 2.05) is 0 Å². The van der Waals surface area contributed by atoms with Crippen LogP contribution in [0.25, 0.3) is 0 Å². The number of primary sulfonamides is 1. The third-order valence-corrected chi connectivity index (χ3v) is 6.27. The molecule has 1 saturated heterocycles. The van der Waals surface area contributed by atoms with Gasteiger partial charge in [0.25, 0.3) is 22.4 Å². The number of anilines is 2. The van der Waals surface area contributed by atoms with Gasteiger partial charge in [0, 0.05) is 38.2 Å². The fourth-order valence-corrected chi connectivity index (χ4v) is 4.32. The maximum Gasteiger partial charge on any atom is 0.280 e. The van der Waals surface area contributed by atoms with Crippen molar-refractivity contribution in [3.05, 3.63) is 41.7 Å². The summed E-state index contributed by atoms with van der Waals surface area (Å²) in [6.45, 7) is -0.186. The van der Waals surface area contributed by atoms with E-state index in [2.05, 4.69) is 9.97 Å². The second-order valence-electron chi connectivity index (χ2n) is 7.45. The molecule has 0 aliphatic carbocycles. The molecule has 2 aromatic heterocycles. The summed E-state index contributed by atoms with van der Waals surface area (Å²) in [4.78, 5) is 21.5. The van der Waals surface area contributed by atoms with Gasteiger partial charge >= 0.3 is 0 Å². The summed E-state index contributed by atoms with van der Waals surface area (Å²) in [6.07, 6.45) is -2.83. The van der Waals surface area contributed by atoms with Crippen molar-refractivity contribution >= 4 is 50.6 Å². The van der Waals surface area contributed by atoms with Crippen molar-refractivity contribution in [1.82, 2.24) is 9.97 Å². The number of hydrogen-bond donors (Lipinski definition) is 1. The number of carbonyl (C=O) groups is 1. The molecule has 0 unspecified atom stereocenters. The van der Waals surface area contributed by atoms with Crippen LogP contribution >= 0.6 is 23.2 Å². The van der Waals surface area contributed by atoms with Crippen molar-refractivity contribution in [3.63, 3.8) is 0 Å². The van der Waals surface area contributed by atoms with Gasteiger partial charge in [-0.1, -0.05) is 23.2 Å². The van der Waals surface area contributed by atoms with E-state index in [9.17, 15) is 30.8 Å². The van der Waals surface area contributed by atoms with E-state index in [4.69, 9.17) is 28.3 Å². The Hall–Kier alpha value is -2.22. The van der Waals surface area contributed by atoms with Crippen LogP contribution in [0, 0.1) is 0 Å². The summed E-state index contributed by atoms with van der Waals surface area (Å²) in [6, 6.07) is 4.18. The first-order valence-corrected chi connectivity index (χ1v) is 12.2. The molecule has 186 valence electrons. The van der Waals surface area contributed by atoms with E-state index in [0.29, 0.717) is 0 Å². The van der Waals surface area contributed by atoms with Gasteiger partial charge in [-0.25, -0.2) is 41.1 Å². The van der Waals surface area contributed by atoms with Crippen LogP contribution in [-0.4, -0.2) is 48.3 Å². The molecule has 0 aromatic carbocycles. The monoisotopic (exact) mass is 543 g/mol. The van der Waals surface area contributed by atoms with Crippen molar-refractivity contribution in [2.24, 2.45) is 5.14 Å². The van der Waals surface area contributed by atoms with Gasteiger partial charge in [-0.05, 0) is 24.6 Å². The second kappa shape index (κ2) is 10.2. The molecule has 15 heteroatoms. The lowest BCUT2D eigenvalue weighted by Gasteiger charge is -2.28. The van der Waals surface area contributed by atoms with E-state index >= 15 is 0 Å². The van der Waals surface area contributed by atoms with Crippen LogP contribution in [0.1, 0.15) is 41.7 Å². The molecule has 34 heavy (non-hydrogen) atoms. The molecular weight excluding hydrogens is 525 g/mol. The van der Waals surface area contributed by atoms with Crippen LogP contribution in [0.5, 0.6) is 0 Å². The molecule has 3 heterocycles. The molecule has 8 nitrogen and oxygen atoms in total. The third-order valence-electron chi connectivity index (χ3n) is 5.07. The molecule has 0 saturated carbocycles. The number of amides is 1. The third kappa shape index (κ3) is 6.06. The standard InChI is InChI=1S/C19H19Cl2F4N5O3S/c20-18(21)30(11-4-7-27-14(10-11)34(26,32)33)17(31)12-2-3-13(15(22)23)28-16(12)29-8-1-5-19(24,25)6-9-29/h2-4,7,10,15,18H,1,5-6,8-9H2,(H2,26,32,33). The molecule has 1 fully saturated rings. The fraction of sp³-hybridized carbons (Fsp3) is 0.421. The molecule has 0 spiro atoms. The summed E-state index contributed by atoms with van der Waals surface area (Å²) in [7, 11) is -4.24. The molecule has 2 aromatic rings. The number of nitrogens with zero attached hydrogens (tertiary/aromatic N) is 4. The molecule has 0 bridgehead atoms. The lowest BCUT2D eigenvalue weighted by molar-refractivity contribution is -0.0102. The Kier molecular flexibility index (Phi) is 7.90. The maximum atomic E-state index is 13.9. The van der Waals surface area contributed by atoms with Crippen molar-refractivity contribution in [3.8, 4) is 0 Å². The largest absolute Gasteiger partial charge is 0.356 e. The number of aromatic nitrogens is 2. The second-order valence-corrected chi connectivity index (χ2v) is 10.0. The smallest absolute Gasteiger partial charge is 0.280 e. The normalized spacial score (nSPS) is 16.6. The average molecular weight is 544 g/mol. The molecule has 1 aliphatic rings. The van der Waals surface area contributed by atoms with Gasteiger partial charge in [-0.15, -0.1) is 0 Å². The first kappa shape index (κ1) is 26.4. The van der Waals surface area contributed by atoms with Crippen LogP contribution in [0.3, 0.4) is 0 Å². The van der Waals surface area contributed by atoms with Gasteiger partial charge in [0.05, 0.1) is 11.3 Å². The molecule has 2 N–H and O–H groups in total. The Labute approximate surface area is 202 Å². The zero-order chi connectivity index (χ0) is 25.3. The van der Waals surface area contributed by atoms with E-state index < -0.39 is 56.8 Å². The SMILES string of the molecule is NS(=O)(=O)c1cc(N(C(=O)c2ccc(C(F)F)nc2N2CCCC(F)(F)CC2)C(Cl)Cl)ccn1. The Bertz CT molecular complexity index is 1170. The summed E-state index contributed by atoms with van der Waals surface area (Å²) in [5.74, 6) is -4.11. The minimum Gasteiger partial charge on any atom is -0.356 e. The van der Waals surface area contributed by atoms with Crippen LogP contribution in [0.4, 0.5) is 29.1 Å². The van der Waals surface area contributed by atoms with Crippen molar-refractivity contribution in [1.29, 1.82) is 0 Å². The number of hydrogen-bond acceptors (Lipinski definition) is 6. The number of pyridine rings is 2. The summed E-state index contributed by atoms with van der Waals surface area (Å²) >= 11 is 12.0. The fourth-order valence-electron chi connectivity index (χ4n) is 3.42. The van der Waals surface area contributed by atoms with Crippen LogP contribution in [0.2, 0.25) is 0 Å². The predicted molar refractivity (Wildman–Crippen MR) is 118 cm³/mol. The minimum absolute atomic E-state index is 0.0423.